The summed E-state index contributed by atoms with van der Waals surface area (Å²) in [5, 5.41) is 4.87. The van der Waals surface area contributed by atoms with Crippen molar-refractivity contribution in [3.8, 4) is 0 Å². The second kappa shape index (κ2) is 7.21. The molecule has 3 heterocycles. The summed E-state index contributed by atoms with van der Waals surface area (Å²) in [5.74, 6) is 1.00. The highest BCUT2D eigenvalue weighted by atomic mass is 32.2. The van der Waals surface area contributed by atoms with Gasteiger partial charge in [0.15, 0.2) is 5.16 Å². The van der Waals surface area contributed by atoms with E-state index in [2.05, 4.69) is 20.0 Å². The molecule has 1 aliphatic heterocycles. The third-order valence-electron chi connectivity index (χ3n) is 4.41. The fourth-order valence-electron chi connectivity index (χ4n) is 2.99. The number of rotatable bonds is 4. The molecular weight excluding hydrogens is 324 g/mol. The molecule has 0 atom stereocenters. The maximum Gasteiger partial charge on any atom is 0.257 e. The Morgan fingerprint density at radius 1 is 1.38 bits per heavy atom. The quantitative estimate of drug-likeness (QED) is 0.620. The number of nitrogens with zero attached hydrogens (tertiary/aromatic N) is 6. The van der Waals surface area contributed by atoms with Crippen molar-refractivity contribution >= 4 is 23.5 Å². The number of hydrogen-bond donors (Lipinski definition) is 0. The van der Waals surface area contributed by atoms with E-state index < -0.39 is 0 Å². The summed E-state index contributed by atoms with van der Waals surface area (Å²) in [5.41, 5.74) is 0.642. The van der Waals surface area contributed by atoms with E-state index in [1.807, 2.05) is 31.3 Å². The summed E-state index contributed by atoms with van der Waals surface area (Å²) in [6.45, 7) is 1.78. The number of anilines is 1. The van der Waals surface area contributed by atoms with Crippen LogP contribution in [0.2, 0.25) is 0 Å². The number of carbonyl (C=O) groups is 1. The Morgan fingerprint density at radius 3 is 2.75 bits per heavy atom. The molecular formula is C16H22N6OS. The van der Waals surface area contributed by atoms with E-state index in [1.165, 1.54) is 0 Å². The number of aromatic nitrogens is 4. The van der Waals surface area contributed by atoms with Gasteiger partial charge in [-0.2, -0.15) is 5.10 Å². The number of thioether (sulfide) groups is 1. The smallest absolute Gasteiger partial charge is 0.257 e. The van der Waals surface area contributed by atoms with Gasteiger partial charge in [-0.1, -0.05) is 11.8 Å². The fourth-order valence-corrected chi connectivity index (χ4v) is 3.34. The lowest BCUT2D eigenvalue weighted by molar-refractivity contribution is 0.0709. The molecule has 0 spiro atoms. The molecule has 1 fully saturated rings. The molecule has 2 aromatic rings. The van der Waals surface area contributed by atoms with Gasteiger partial charge in [-0.05, 0) is 25.2 Å². The molecule has 128 valence electrons. The molecule has 8 heteroatoms. The van der Waals surface area contributed by atoms with Gasteiger partial charge in [-0.3, -0.25) is 9.48 Å². The molecule has 0 aromatic carbocycles. The van der Waals surface area contributed by atoms with E-state index in [9.17, 15) is 4.79 Å². The van der Waals surface area contributed by atoms with Gasteiger partial charge in [0, 0.05) is 45.6 Å². The van der Waals surface area contributed by atoms with Crippen LogP contribution in [0, 0.1) is 0 Å². The fraction of sp³-hybridized carbons (Fsp3) is 0.500. The average molecular weight is 346 g/mol. The Labute approximate surface area is 146 Å². The molecule has 24 heavy (non-hydrogen) atoms. The zero-order valence-corrected chi connectivity index (χ0v) is 15.0. The van der Waals surface area contributed by atoms with Crippen LogP contribution in [0.1, 0.15) is 23.2 Å². The summed E-state index contributed by atoms with van der Waals surface area (Å²) < 4.78 is 1.65. The molecule has 1 amide bonds. The van der Waals surface area contributed by atoms with Crippen LogP contribution in [0.3, 0.4) is 0 Å². The van der Waals surface area contributed by atoms with Crippen molar-refractivity contribution < 1.29 is 4.79 Å². The van der Waals surface area contributed by atoms with Crippen LogP contribution in [0.25, 0.3) is 0 Å². The minimum Gasteiger partial charge on any atom is -0.356 e. The van der Waals surface area contributed by atoms with Crippen LogP contribution in [0.15, 0.2) is 29.8 Å². The van der Waals surface area contributed by atoms with E-state index in [1.54, 1.807) is 35.0 Å². The third-order valence-corrected chi connectivity index (χ3v) is 4.97. The van der Waals surface area contributed by atoms with Gasteiger partial charge >= 0.3 is 0 Å². The van der Waals surface area contributed by atoms with Crippen molar-refractivity contribution in [3.05, 3.63) is 30.2 Å². The van der Waals surface area contributed by atoms with Gasteiger partial charge in [0.25, 0.3) is 5.91 Å². The highest BCUT2D eigenvalue weighted by Gasteiger charge is 2.27. The maximum absolute atomic E-state index is 12.5. The highest BCUT2D eigenvalue weighted by molar-refractivity contribution is 7.98. The SMILES string of the molecule is CSc1nccc(N2CCC(N(C)C(=O)c3cnn(C)c3)CC2)n1. The third kappa shape index (κ3) is 3.53. The van der Waals surface area contributed by atoms with E-state index in [4.69, 9.17) is 0 Å². The summed E-state index contributed by atoms with van der Waals surface area (Å²) in [6, 6.07) is 2.20. The summed E-state index contributed by atoms with van der Waals surface area (Å²) in [4.78, 5) is 25.4. The first kappa shape index (κ1) is 16.8. The Morgan fingerprint density at radius 2 is 2.12 bits per heavy atom. The lowest BCUT2D eigenvalue weighted by Gasteiger charge is -2.37. The topological polar surface area (TPSA) is 67.2 Å². The largest absolute Gasteiger partial charge is 0.356 e. The Bertz CT molecular complexity index is 710. The van der Waals surface area contributed by atoms with Crippen molar-refractivity contribution in [3.63, 3.8) is 0 Å². The first-order valence-corrected chi connectivity index (χ1v) is 9.18. The van der Waals surface area contributed by atoms with Gasteiger partial charge < -0.3 is 9.80 Å². The van der Waals surface area contributed by atoms with Gasteiger partial charge in [0.2, 0.25) is 0 Å². The van der Waals surface area contributed by atoms with Crippen molar-refractivity contribution in [2.75, 3.05) is 31.3 Å². The van der Waals surface area contributed by atoms with Gasteiger partial charge in [-0.25, -0.2) is 9.97 Å². The first-order chi connectivity index (χ1) is 11.6. The molecule has 0 bridgehead atoms. The van der Waals surface area contributed by atoms with Crippen molar-refractivity contribution in [1.82, 2.24) is 24.6 Å². The van der Waals surface area contributed by atoms with Gasteiger partial charge in [0.1, 0.15) is 5.82 Å². The van der Waals surface area contributed by atoms with Gasteiger partial charge in [-0.15, -0.1) is 0 Å². The van der Waals surface area contributed by atoms with E-state index in [-0.39, 0.29) is 11.9 Å². The molecule has 7 nitrogen and oxygen atoms in total. The Hall–Kier alpha value is -2.09. The average Bonchev–Trinajstić information content (AvgIpc) is 3.07. The minimum absolute atomic E-state index is 0.0354. The minimum atomic E-state index is 0.0354. The van der Waals surface area contributed by atoms with Crippen LogP contribution in [-0.4, -0.2) is 63.0 Å². The molecule has 3 rings (SSSR count). The normalized spacial score (nSPS) is 15.5. The lowest BCUT2D eigenvalue weighted by atomic mass is 10.0. The highest BCUT2D eigenvalue weighted by Crippen LogP contribution is 2.22. The van der Waals surface area contributed by atoms with E-state index in [0.29, 0.717) is 5.56 Å². The van der Waals surface area contributed by atoms with Crippen molar-refractivity contribution in [2.24, 2.45) is 7.05 Å². The summed E-state index contributed by atoms with van der Waals surface area (Å²) >= 11 is 1.55. The summed E-state index contributed by atoms with van der Waals surface area (Å²) in [7, 11) is 3.70. The van der Waals surface area contributed by atoms with Gasteiger partial charge in [0.05, 0.1) is 11.8 Å². The molecule has 0 radical (unpaired) electrons. The molecule has 0 saturated carbocycles. The standard InChI is InChI=1S/C16H22N6OS/c1-20-11-12(10-18-20)15(23)21(2)13-5-8-22(9-6-13)14-4-7-17-16(19-14)24-3/h4,7,10-11,13H,5-6,8-9H2,1-3H3. The van der Waals surface area contributed by atoms with Crippen molar-refractivity contribution in [2.45, 2.75) is 24.0 Å². The van der Waals surface area contributed by atoms with E-state index in [0.717, 1.165) is 36.9 Å². The monoisotopic (exact) mass is 346 g/mol. The van der Waals surface area contributed by atoms with Crippen LogP contribution < -0.4 is 4.90 Å². The number of amides is 1. The molecule has 1 aliphatic rings. The lowest BCUT2D eigenvalue weighted by Crippen LogP contribution is -2.45. The predicted octanol–water partition coefficient (Wildman–Crippen LogP) is 1.67. The van der Waals surface area contributed by atoms with E-state index >= 15 is 0 Å². The molecule has 1 saturated heterocycles. The first-order valence-electron chi connectivity index (χ1n) is 7.96. The summed E-state index contributed by atoms with van der Waals surface area (Å²) in [6.07, 6.45) is 9.03. The van der Waals surface area contributed by atoms with Crippen LogP contribution in [-0.2, 0) is 7.05 Å². The molecule has 0 aliphatic carbocycles. The Balaban J connectivity index is 1.61. The predicted molar refractivity (Wildman–Crippen MR) is 94.3 cm³/mol. The molecule has 0 N–H and O–H groups in total. The number of aryl methyl sites for hydroxylation is 1. The number of hydrogen-bond acceptors (Lipinski definition) is 6. The molecule has 0 unspecified atom stereocenters. The zero-order valence-electron chi connectivity index (χ0n) is 14.2. The van der Waals surface area contributed by atoms with Crippen molar-refractivity contribution in [1.29, 1.82) is 0 Å². The second-order valence-electron chi connectivity index (χ2n) is 5.94. The second-order valence-corrected chi connectivity index (χ2v) is 6.71. The van der Waals surface area contributed by atoms with Crippen LogP contribution >= 0.6 is 11.8 Å². The Kier molecular flexibility index (Phi) is 5.03. The van der Waals surface area contributed by atoms with Crippen LogP contribution in [0.5, 0.6) is 0 Å². The number of carbonyl (C=O) groups excluding carboxylic acids is 1. The zero-order chi connectivity index (χ0) is 17.1. The molecule has 2 aromatic heterocycles. The van der Waals surface area contributed by atoms with Crippen LogP contribution in [0.4, 0.5) is 5.82 Å². The number of piperidine rings is 1. The maximum atomic E-state index is 12.5.